The number of Topliss-reactive ketones (excluding diaryl/α,β-unsaturated/α-hetero) is 2. The molecule has 1 spiro atoms. The fourth-order valence-corrected chi connectivity index (χ4v) is 4.15. The molecule has 0 bridgehead atoms. The van der Waals surface area contributed by atoms with Crippen LogP contribution in [0.5, 0.6) is 0 Å². The van der Waals surface area contributed by atoms with Crippen LogP contribution in [-0.4, -0.2) is 11.6 Å². The van der Waals surface area contributed by atoms with Crippen molar-refractivity contribution in [3.63, 3.8) is 0 Å². The summed E-state index contributed by atoms with van der Waals surface area (Å²) in [5.74, 6) is -0.275. The number of benzene rings is 2. The van der Waals surface area contributed by atoms with Crippen LogP contribution < -0.4 is 5.32 Å². The number of halogens is 3. The molecule has 26 heavy (non-hydrogen) atoms. The van der Waals surface area contributed by atoms with Crippen molar-refractivity contribution < 1.29 is 22.8 Å². The first-order valence-corrected chi connectivity index (χ1v) is 8.45. The Bertz CT molecular complexity index is 889. The van der Waals surface area contributed by atoms with Gasteiger partial charge in [-0.1, -0.05) is 24.3 Å². The molecule has 1 N–H and O–H groups in total. The van der Waals surface area contributed by atoms with Gasteiger partial charge in [0.1, 0.15) is 11.2 Å². The van der Waals surface area contributed by atoms with Crippen LogP contribution in [0.1, 0.15) is 46.8 Å². The molecule has 0 aromatic heterocycles. The number of nitrogens with one attached hydrogen (secondary N) is 1. The van der Waals surface area contributed by atoms with Crippen LogP contribution in [-0.2, 0) is 11.0 Å². The van der Waals surface area contributed by atoms with E-state index in [4.69, 9.17) is 0 Å². The molecule has 0 heterocycles. The normalized spacial score (nSPS) is 25.0. The van der Waals surface area contributed by atoms with E-state index in [-0.39, 0.29) is 11.6 Å². The van der Waals surface area contributed by atoms with Gasteiger partial charge in [0.15, 0.2) is 5.78 Å². The zero-order valence-corrected chi connectivity index (χ0v) is 13.8. The highest BCUT2D eigenvalue weighted by Gasteiger charge is 2.59. The lowest BCUT2D eigenvalue weighted by Gasteiger charge is -2.30. The fraction of sp³-hybridized carbons (Fsp3) is 0.300. The predicted molar refractivity (Wildman–Crippen MR) is 89.9 cm³/mol. The second-order valence-corrected chi connectivity index (χ2v) is 6.82. The number of hydrogen-bond donors (Lipinski definition) is 1. The quantitative estimate of drug-likeness (QED) is 0.784. The lowest BCUT2D eigenvalue weighted by Crippen LogP contribution is -2.39. The van der Waals surface area contributed by atoms with Crippen molar-refractivity contribution in [1.29, 1.82) is 0 Å². The second-order valence-electron chi connectivity index (χ2n) is 6.82. The number of rotatable bonds is 2. The minimum absolute atomic E-state index is 0.0943. The zero-order valence-electron chi connectivity index (χ0n) is 13.8. The first-order chi connectivity index (χ1) is 12.3. The van der Waals surface area contributed by atoms with Gasteiger partial charge in [0.25, 0.3) is 0 Å². The van der Waals surface area contributed by atoms with Gasteiger partial charge in [0.2, 0.25) is 0 Å². The van der Waals surface area contributed by atoms with Gasteiger partial charge in [-0.05, 0) is 42.7 Å². The predicted octanol–water partition coefficient (Wildman–Crippen LogP) is 4.79. The molecule has 1 fully saturated rings. The van der Waals surface area contributed by atoms with Crippen molar-refractivity contribution in [3.8, 4) is 0 Å². The van der Waals surface area contributed by atoms with Gasteiger partial charge < -0.3 is 5.32 Å². The molecule has 2 aromatic rings. The maximum atomic E-state index is 13.0. The van der Waals surface area contributed by atoms with E-state index in [2.05, 4.69) is 5.32 Å². The van der Waals surface area contributed by atoms with Gasteiger partial charge in [0.05, 0.1) is 11.6 Å². The maximum absolute atomic E-state index is 13.0. The molecule has 3 nitrogen and oxygen atoms in total. The molecule has 1 saturated carbocycles. The Morgan fingerprint density at radius 2 is 1.69 bits per heavy atom. The van der Waals surface area contributed by atoms with Gasteiger partial charge in [-0.3, -0.25) is 9.59 Å². The van der Waals surface area contributed by atoms with Crippen molar-refractivity contribution in [2.24, 2.45) is 5.41 Å². The summed E-state index contributed by atoms with van der Waals surface area (Å²) in [4.78, 5) is 25.7. The van der Waals surface area contributed by atoms with E-state index in [0.717, 1.165) is 17.7 Å². The minimum Gasteiger partial charge on any atom is -0.377 e. The van der Waals surface area contributed by atoms with Crippen LogP contribution >= 0.6 is 0 Å². The number of alkyl halides is 3. The van der Waals surface area contributed by atoms with E-state index in [9.17, 15) is 22.8 Å². The van der Waals surface area contributed by atoms with Gasteiger partial charge in [0, 0.05) is 17.7 Å². The van der Waals surface area contributed by atoms with Crippen LogP contribution in [0.3, 0.4) is 0 Å². The standard InChI is InChI=1S/C20H16F3NO2/c21-20(22,23)12-7-9-13(10-8-12)24-17-14-4-1-2-5-15(14)18(26)19(17)11-3-6-16(19)25/h1-2,4-5,7-10,17,24H,3,6,11H2/t17-,19-/m1/s1. The van der Waals surface area contributed by atoms with Crippen LogP contribution in [0.15, 0.2) is 48.5 Å². The van der Waals surface area contributed by atoms with E-state index >= 15 is 0 Å². The average molecular weight is 359 g/mol. The third kappa shape index (κ3) is 2.35. The smallest absolute Gasteiger partial charge is 0.377 e. The molecular formula is C20H16F3NO2. The van der Waals surface area contributed by atoms with Crippen molar-refractivity contribution in [2.75, 3.05) is 5.32 Å². The number of carbonyl (C=O) groups excluding carboxylic acids is 2. The fourth-order valence-electron chi connectivity index (χ4n) is 4.15. The highest BCUT2D eigenvalue weighted by molar-refractivity contribution is 6.20. The third-order valence-electron chi connectivity index (χ3n) is 5.41. The number of fused-ring (bicyclic) bond motifs is 1. The molecule has 0 radical (unpaired) electrons. The summed E-state index contributed by atoms with van der Waals surface area (Å²) in [5.41, 5.74) is -0.184. The van der Waals surface area contributed by atoms with E-state index in [1.165, 1.54) is 12.1 Å². The van der Waals surface area contributed by atoms with E-state index < -0.39 is 23.2 Å². The highest BCUT2D eigenvalue weighted by atomic mass is 19.4. The molecule has 0 amide bonds. The first kappa shape index (κ1) is 16.8. The number of hydrogen-bond acceptors (Lipinski definition) is 3. The molecule has 2 aliphatic carbocycles. The second kappa shape index (κ2) is 5.69. The molecular weight excluding hydrogens is 343 g/mol. The third-order valence-corrected chi connectivity index (χ3v) is 5.41. The van der Waals surface area contributed by atoms with Crippen molar-refractivity contribution in [2.45, 2.75) is 31.5 Å². The number of carbonyl (C=O) groups is 2. The van der Waals surface area contributed by atoms with Crippen LogP contribution in [0.2, 0.25) is 0 Å². The van der Waals surface area contributed by atoms with E-state index in [0.29, 0.717) is 30.5 Å². The summed E-state index contributed by atoms with van der Waals surface area (Å²) in [7, 11) is 0. The Balaban J connectivity index is 1.74. The van der Waals surface area contributed by atoms with Gasteiger partial charge in [-0.15, -0.1) is 0 Å². The van der Waals surface area contributed by atoms with Crippen molar-refractivity contribution in [1.82, 2.24) is 0 Å². The Morgan fingerprint density at radius 1 is 1.00 bits per heavy atom. The molecule has 134 valence electrons. The topological polar surface area (TPSA) is 46.2 Å². The molecule has 0 saturated heterocycles. The van der Waals surface area contributed by atoms with Gasteiger partial charge in [-0.2, -0.15) is 13.2 Å². The van der Waals surface area contributed by atoms with Gasteiger partial charge in [-0.25, -0.2) is 0 Å². The number of anilines is 1. The average Bonchev–Trinajstić information content (AvgIpc) is 3.10. The monoisotopic (exact) mass is 359 g/mol. The van der Waals surface area contributed by atoms with Crippen molar-refractivity contribution >= 4 is 17.3 Å². The van der Waals surface area contributed by atoms with Gasteiger partial charge >= 0.3 is 6.18 Å². The Hall–Kier alpha value is -2.63. The van der Waals surface area contributed by atoms with Crippen molar-refractivity contribution in [3.05, 3.63) is 65.2 Å². The summed E-state index contributed by atoms with van der Waals surface area (Å²) < 4.78 is 38.3. The lowest BCUT2D eigenvalue weighted by molar-refractivity contribution is -0.137. The first-order valence-electron chi connectivity index (χ1n) is 8.45. The summed E-state index contributed by atoms with van der Waals surface area (Å²) in [5, 5.41) is 3.16. The molecule has 0 unspecified atom stereocenters. The highest BCUT2D eigenvalue weighted by Crippen LogP contribution is 2.54. The molecule has 4 rings (SSSR count). The number of ketones is 2. The SMILES string of the molecule is O=C1CCC[C@@]12C(=O)c1ccccc1[C@H]2Nc1ccc(C(F)(F)F)cc1. The maximum Gasteiger partial charge on any atom is 0.416 e. The molecule has 0 aliphatic heterocycles. The largest absolute Gasteiger partial charge is 0.416 e. The summed E-state index contributed by atoms with van der Waals surface area (Å²) >= 11 is 0. The van der Waals surface area contributed by atoms with Crippen LogP contribution in [0.25, 0.3) is 0 Å². The lowest BCUT2D eigenvalue weighted by atomic mass is 9.77. The van der Waals surface area contributed by atoms with E-state index in [1.807, 2.05) is 0 Å². The molecule has 2 aromatic carbocycles. The Labute approximate surface area is 148 Å². The van der Waals surface area contributed by atoms with Crippen LogP contribution in [0, 0.1) is 5.41 Å². The summed E-state index contributed by atoms with van der Waals surface area (Å²) in [6.07, 6.45) is -2.95. The van der Waals surface area contributed by atoms with Crippen LogP contribution in [0.4, 0.5) is 18.9 Å². The molecule has 2 aliphatic rings. The van der Waals surface area contributed by atoms with E-state index in [1.54, 1.807) is 24.3 Å². The zero-order chi connectivity index (χ0) is 18.5. The Morgan fingerprint density at radius 3 is 2.31 bits per heavy atom. The minimum atomic E-state index is -4.41. The summed E-state index contributed by atoms with van der Waals surface area (Å²) in [6.45, 7) is 0. The molecule has 2 atom stereocenters. The Kier molecular flexibility index (Phi) is 3.68. The molecule has 6 heteroatoms. The summed E-state index contributed by atoms with van der Waals surface area (Å²) in [6, 6.07) is 11.2.